The lowest BCUT2D eigenvalue weighted by Crippen LogP contribution is -2.28. The van der Waals surface area contributed by atoms with Gasteiger partial charge < -0.3 is 10.4 Å². The molecule has 0 saturated carbocycles. The summed E-state index contributed by atoms with van der Waals surface area (Å²) in [6.07, 6.45) is 0.781. The van der Waals surface area contributed by atoms with Gasteiger partial charge in [-0.15, -0.1) is 0 Å². The number of hydrogen-bond donors (Lipinski definition) is 2. The average molecular weight is 283 g/mol. The molecule has 0 aliphatic heterocycles. The van der Waals surface area contributed by atoms with Crippen molar-refractivity contribution in [2.75, 3.05) is 0 Å². The number of nitrogens with one attached hydrogen (secondary N) is 1. The third-order valence-corrected chi connectivity index (χ3v) is 3.31. The number of carboxylic acid groups (broad SMARTS) is 1. The first-order valence-corrected chi connectivity index (χ1v) is 6.81. The Balaban J connectivity index is 2.11. The van der Waals surface area contributed by atoms with Crippen molar-refractivity contribution >= 4 is 11.9 Å². The van der Waals surface area contributed by atoms with Crippen LogP contribution in [0.3, 0.4) is 0 Å². The van der Waals surface area contributed by atoms with Gasteiger partial charge in [-0.3, -0.25) is 4.79 Å². The van der Waals surface area contributed by atoms with E-state index in [0.717, 1.165) is 12.0 Å². The molecule has 0 fully saturated rings. The molecule has 1 unspecified atom stereocenters. The van der Waals surface area contributed by atoms with Crippen molar-refractivity contribution in [3.05, 3.63) is 71.3 Å². The maximum atomic E-state index is 12.2. The summed E-state index contributed by atoms with van der Waals surface area (Å²) in [5.74, 6) is -1.21. The molecule has 2 N–H and O–H groups in total. The maximum absolute atomic E-state index is 12.2. The second-order valence-electron chi connectivity index (χ2n) is 4.73. The molecule has 0 saturated heterocycles. The molecule has 2 aromatic carbocycles. The van der Waals surface area contributed by atoms with E-state index in [4.69, 9.17) is 5.11 Å². The SMILES string of the molecule is CCC(NC(=O)c1ccc(C(=O)O)cc1)c1ccccc1. The fourth-order valence-electron chi connectivity index (χ4n) is 2.11. The molecule has 0 bridgehead atoms. The molecule has 0 aliphatic carbocycles. The molecule has 0 radical (unpaired) electrons. The van der Waals surface area contributed by atoms with E-state index in [0.29, 0.717) is 5.56 Å². The number of hydrogen-bond acceptors (Lipinski definition) is 2. The Labute approximate surface area is 123 Å². The van der Waals surface area contributed by atoms with E-state index < -0.39 is 5.97 Å². The minimum atomic E-state index is -1.00. The van der Waals surface area contributed by atoms with E-state index in [1.54, 1.807) is 0 Å². The predicted molar refractivity (Wildman–Crippen MR) is 80.3 cm³/mol. The molecule has 108 valence electrons. The van der Waals surface area contributed by atoms with Crippen LogP contribution in [0.15, 0.2) is 54.6 Å². The number of benzene rings is 2. The van der Waals surface area contributed by atoms with Gasteiger partial charge in [0, 0.05) is 5.56 Å². The number of carbonyl (C=O) groups excluding carboxylic acids is 1. The van der Waals surface area contributed by atoms with Crippen molar-refractivity contribution in [1.29, 1.82) is 0 Å². The number of amides is 1. The van der Waals surface area contributed by atoms with Gasteiger partial charge in [-0.05, 0) is 36.2 Å². The van der Waals surface area contributed by atoms with E-state index in [-0.39, 0.29) is 17.5 Å². The normalized spacial score (nSPS) is 11.7. The molecule has 4 heteroatoms. The van der Waals surface area contributed by atoms with E-state index in [2.05, 4.69) is 5.32 Å². The van der Waals surface area contributed by atoms with Crippen LogP contribution in [0, 0.1) is 0 Å². The molecule has 4 nitrogen and oxygen atoms in total. The van der Waals surface area contributed by atoms with Crippen LogP contribution in [0.2, 0.25) is 0 Å². The summed E-state index contributed by atoms with van der Waals surface area (Å²) in [4.78, 5) is 23.0. The molecule has 0 aliphatic rings. The van der Waals surface area contributed by atoms with Crippen molar-refractivity contribution in [3.63, 3.8) is 0 Å². The number of rotatable bonds is 5. The molecule has 1 atom stereocenters. The van der Waals surface area contributed by atoms with Gasteiger partial charge in [0.05, 0.1) is 11.6 Å². The Morgan fingerprint density at radius 3 is 2.10 bits per heavy atom. The topological polar surface area (TPSA) is 66.4 Å². The van der Waals surface area contributed by atoms with Crippen LogP contribution in [-0.4, -0.2) is 17.0 Å². The molecular formula is C17H17NO3. The Morgan fingerprint density at radius 1 is 1.00 bits per heavy atom. The zero-order valence-corrected chi connectivity index (χ0v) is 11.7. The highest BCUT2D eigenvalue weighted by Crippen LogP contribution is 2.17. The van der Waals surface area contributed by atoms with Crippen molar-refractivity contribution in [3.8, 4) is 0 Å². The van der Waals surface area contributed by atoms with Crippen molar-refractivity contribution in [2.45, 2.75) is 19.4 Å². The Kier molecular flexibility index (Phi) is 4.72. The first kappa shape index (κ1) is 14.8. The van der Waals surface area contributed by atoms with Crippen molar-refractivity contribution in [1.82, 2.24) is 5.32 Å². The minimum absolute atomic E-state index is 0.0575. The highest BCUT2D eigenvalue weighted by Gasteiger charge is 2.14. The molecular weight excluding hydrogens is 266 g/mol. The number of carboxylic acids is 1. The lowest BCUT2D eigenvalue weighted by atomic mass is 10.0. The third-order valence-electron chi connectivity index (χ3n) is 3.31. The fraction of sp³-hybridized carbons (Fsp3) is 0.176. The highest BCUT2D eigenvalue weighted by atomic mass is 16.4. The van der Waals surface area contributed by atoms with E-state index in [9.17, 15) is 9.59 Å². The molecule has 0 heterocycles. The van der Waals surface area contributed by atoms with Crippen LogP contribution in [0.1, 0.15) is 45.7 Å². The number of carbonyl (C=O) groups is 2. The Morgan fingerprint density at radius 2 is 1.57 bits per heavy atom. The summed E-state index contributed by atoms with van der Waals surface area (Å²) in [6.45, 7) is 2.01. The summed E-state index contributed by atoms with van der Waals surface area (Å²) < 4.78 is 0. The second kappa shape index (κ2) is 6.70. The monoisotopic (exact) mass is 283 g/mol. The fourth-order valence-corrected chi connectivity index (χ4v) is 2.11. The highest BCUT2D eigenvalue weighted by molar-refractivity contribution is 5.96. The second-order valence-corrected chi connectivity index (χ2v) is 4.73. The van der Waals surface area contributed by atoms with E-state index >= 15 is 0 Å². The summed E-state index contributed by atoms with van der Waals surface area (Å²) in [6, 6.07) is 15.6. The Bertz CT molecular complexity index is 620. The van der Waals surface area contributed by atoms with Gasteiger partial charge >= 0.3 is 5.97 Å². The largest absolute Gasteiger partial charge is 0.478 e. The first-order chi connectivity index (χ1) is 10.1. The molecule has 0 aromatic heterocycles. The smallest absolute Gasteiger partial charge is 0.335 e. The summed E-state index contributed by atoms with van der Waals surface area (Å²) in [7, 11) is 0. The standard InChI is InChI=1S/C17H17NO3/c1-2-15(12-6-4-3-5-7-12)18-16(19)13-8-10-14(11-9-13)17(20)21/h3-11,15H,2H2,1H3,(H,18,19)(H,20,21). The van der Waals surface area contributed by atoms with Gasteiger partial charge in [-0.25, -0.2) is 4.79 Å². The van der Waals surface area contributed by atoms with Gasteiger partial charge in [0.25, 0.3) is 5.91 Å². The van der Waals surface area contributed by atoms with Gasteiger partial charge in [0.1, 0.15) is 0 Å². The average Bonchev–Trinajstić information content (AvgIpc) is 2.53. The lowest BCUT2D eigenvalue weighted by Gasteiger charge is -2.17. The predicted octanol–water partition coefficient (Wildman–Crippen LogP) is 3.27. The van der Waals surface area contributed by atoms with Crippen LogP contribution < -0.4 is 5.32 Å². The van der Waals surface area contributed by atoms with Crippen molar-refractivity contribution in [2.24, 2.45) is 0 Å². The zero-order chi connectivity index (χ0) is 15.2. The van der Waals surface area contributed by atoms with E-state index in [1.807, 2.05) is 37.3 Å². The lowest BCUT2D eigenvalue weighted by molar-refractivity contribution is 0.0696. The molecule has 2 aromatic rings. The van der Waals surface area contributed by atoms with Gasteiger partial charge in [-0.1, -0.05) is 37.3 Å². The van der Waals surface area contributed by atoms with Gasteiger partial charge in [0.15, 0.2) is 0 Å². The maximum Gasteiger partial charge on any atom is 0.335 e. The Hall–Kier alpha value is -2.62. The summed E-state index contributed by atoms with van der Waals surface area (Å²) >= 11 is 0. The first-order valence-electron chi connectivity index (χ1n) is 6.81. The van der Waals surface area contributed by atoms with Gasteiger partial charge in [-0.2, -0.15) is 0 Å². The van der Waals surface area contributed by atoms with Gasteiger partial charge in [0.2, 0.25) is 0 Å². The minimum Gasteiger partial charge on any atom is -0.478 e. The van der Waals surface area contributed by atoms with Crippen LogP contribution in [0.25, 0.3) is 0 Å². The molecule has 1 amide bonds. The molecule has 21 heavy (non-hydrogen) atoms. The van der Waals surface area contributed by atoms with E-state index in [1.165, 1.54) is 24.3 Å². The summed E-state index contributed by atoms with van der Waals surface area (Å²) in [5, 5.41) is 11.8. The van der Waals surface area contributed by atoms with Crippen LogP contribution in [0.5, 0.6) is 0 Å². The molecule has 2 rings (SSSR count). The quantitative estimate of drug-likeness (QED) is 0.885. The summed E-state index contributed by atoms with van der Waals surface area (Å²) in [5.41, 5.74) is 1.67. The van der Waals surface area contributed by atoms with Crippen molar-refractivity contribution < 1.29 is 14.7 Å². The number of aromatic carboxylic acids is 1. The zero-order valence-electron chi connectivity index (χ0n) is 11.7. The molecule has 0 spiro atoms. The van der Waals surface area contributed by atoms with Crippen LogP contribution >= 0.6 is 0 Å². The third kappa shape index (κ3) is 3.69. The van der Waals surface area contributed by atoms with Crippen LogP contribution in [0.4, 0.5) is 0 Å². The van der Waals surface area contributed by atoms with Crippen LogP contribution in [-0.2, 0) is 0 Å².